The number of nitrogens with two attached hydrogens (primary N) is 1. The zero-order chi connectivity index (χ0) is 18.6. The van der Waals surface area contributed by atoms with Crippen molar-refractivity contribution in [3.63, 3.8) is 0 Å². The summed E-state index contributed by atoms with van der Waals surface area (Å²) in [5.74, 6) is -2.15. The quantitative estimate of drug-likeness (QED) is 0.839. The van der Waals surface area contributed by atoms with E-state index in [2.05, 4.69) is 4.42 Å². The molecule has 1 aromatic rings. The highest BCUT2D eigenvalue weighted by atomic mass is 19.4. The van der Waals surface area contributed by atoms with Gasteiger partial charge >= 0.3 is 6.18 Å². The predicted octanol–water partition coefficient (Wildman–Crippen LogP) is 2.97. The number of rotatable bonds is 1. The van der Waals surface area contributed by atoms with Crippen LogP contribution in [0, 0.1) is 10.8 Å². The van der Waals surface area contributed by atoms with Crippen molar-refractivity contribution in [2.45, 2.75) is 32.9 Å². The van der Waals surface area contributed by atoms with Crippen LogP contribution in [0.15, 0.2) is 28.5 Å². The van der Waals surface area contributed by atoms with Crippen molar-refractivity contribution >= 4 is 11.7 Å². The zero-order valence-corrected chi connectivity index (χ0v) is 13.9. The Hall–Kier alpha value is -2.25. The molecule has 1 atom stereocenters. The van der Waals surface area contributed by atoms with E-state index in [0.717, 1.165) is 12.3 Å². The normalized spacial score (nSPS) is 26.2. The second-order valence-corrected chi connectivity index (χ2v) is 7.49. The molecule has 1 amide bonds. The van der Waals surface area contributed by atoms with Gasteiger partial charge in [0.2, 0.25) is 5.76 Å². The molecule has 25 heavy (non-hydrogen) atoms. The van der Waals surface area contributed by atoms with E-state index in [1.54, 1.807) is 19.9 Å². The standard InChI is InChI=1S/C17H19F3N2O3/c1-15(2)8-16(7-11(21)12(15)23)4-5-22(9-16)14(24)10-3-6-25-13(10)17(18,19)20/h3,6-7H,4-5,8-9,21H2,1-2H3. The van der Waals surface area contributed by atoms with E-state index in [4.69, 9.17) is 5.73 Å². The molecule has 0 aromatic carbocycles. The Labute approximate surface area is 142 Å². The number of amides is 1. The molecule has 1 fully saturated rings. The van der Waals surface area contributed by atoms with Crippen molar-refractivity contribution in [3.05, 3.63) is 35.4 Å². The first-order valence-electron chi connectivity index (χ1n) is 7.92. The van der Waals surface area contributed by atoms with Crippen LogP contribution in [0.4, 0.5) is 13.2 Å². The van der Waals surface area contributed by atoms with Crippen molar-refractivity contribution in [1.82, 2.24) is 4.90 Å². The average Bonchev–Trinajstić information content (AvgIpc) is 3.10. The van der Waals surface area contributed by atoms with Crippen molar-refractivity contribution < 1.29 is 27.2 Å². The van der Waals surface area contributed by atoms with E-state index in [0.29, 0.717) is 19.4 Å². The Morgan fingerprint density at radius 3 is 2.64 bits per heavy atom. The fourth-order valence-electron chi connectivity index (χ4n) is 4.00. The molecule has 2 N–H and O–H groups in total. The molecule has 8 heteroatoms. The Morgan fingerprint density at radius 1 is 1.36 bits per heavy atom. The van der Waals surface area contributed by atoms with Gasteiger partial charge in [0.1, 0.15) is 0 Å². The fraction of sp³-hybridized carbons (Fsp3) is 0.529. The molecule has 2 aliphatic rings. The van der Waals surface area contributed by atoms with Gasteiger partial charge in [0.25, 0.3) is 5.91 Å². The minimum absolute atomic E-state index is 0.142. The Bertz CT molecular complexity index is 763. The summed E-state index contributed by atoms with van der Waals surface area (Å²) in [5.41, 5.74) is 4.37. The lowest BCUT2D eigenvalue weighted by Crippen LogP contribution is -2.42. The van der Waals surface area contributed by atoms with E-state index >= 15 is 0 Å². The Morgan fingerprint density at radius 2 is 2.04 bits per heavy atom. The van der Waals surface area contributed by atoms with Gasteiger partial charge in [0.05, 0.1) is 17.5 Å². The van der Waals surface area contributed by atoms with Gasteiger partial charge < -0.3 is 15.1 Å². The van der Waals surface area contributed by atoms with Gasteiger partial charge in [0, 0.05) is 23.9 Å². The second-order valence-electron chi connectivity index (χ2n) is 7.49. The average molecular weight is 356 g/mol. The van der Waals surface area contributed by atoms with Gasteiger partial charge in [-0.25, -0.2) is 0 Å². The molecule has 0 saturated carbocycles. The summed E-state index contributed by atoms with van der Waals surface area (Å²) in [6.07, 6.45) is -1.14. The molecule has 1 aliphatic carbocycles. The monoisotopic (exact) mass is 356 g/mol. The maximum atomic E-state index is 12.9. The number of nitrogens with zero attached hydrogens (tertiary/aromatic N) is 1. The van der Waals surface area contributed by atoms with E-state index in [1.807, 2.05) is 0 Å². The topological polar surface area (TPSA) is 76.5 Å². The molecule has 0 radical (unpaired) electrons. The number of hydrogen-bond donors (Lipinski definition) is 1. The highest BCUT2D eigenvalue weighted by Crippen LogP contribution is 2.47. The molecule has 3 rings (SSSR count). The Kier molecular flexibility index (Phi) is 3.78. The summed E-state index contributed by atoms with van der Waals surface area (Å²) < 4.78 is 43.3. The Balaban J connectivity index is 1.86. The molecular formula is C17H19F3N2O3. The minimum Gasteiger partial charge on any atom is -0.459 e. The van der Waals surface area contributed by atoms with Crippen LogP contribution in [-0.4, -0.2) is 29.7 Å². The SMILES string of the molecule is CC1(C)CC2(C=C(N)C1=O)CCN(C(=O)c1ccoc1C(F)(F)F)C2. The lowest BCUT2D eigenvalue weighted by molar-refractivity contribution is -0.153. The highest BCUT2D eigenvalue weighted by Gasteiger charge is 2.49. The molecule has 1 saturated heterocycles. The summed E-state index contributed by atoms with van der Waals surface area (Å²) in [7, 11) is 0. The van der Waals surface area contributed by atoms with Gasteiger partial charge in [-0.1, -0.05) is 13.8 Å². The number of furan rings is 1. The molecule has 5 nitrogen and oxygen atoms in total. The number of alkyl halides is 3. The van der Waals surface area contributed by atoms with Gasteiger partial charge in [-0.3, -0.25) is 9.59 Å². The van der Waals surface area contributed by atoms with E-state index in [-0.39, 0.29) is 18.0 Å². The summed E-state index contributed by atoms with van der Waals surface area (Å²) in [6, 6.07) is 1.04. The first-order valence-corrected chi connectivity index (χ1v) is 7.92. The lowest BCUT2D eigenvalue weighted by atomic mass is 9.65. The van der Waals surface area contributed by atoms with Gasteiger partial charge in [0.15, 0.2) is 5.78 Å². The first-order chi connectivity index (χ1) is 11.5. The van der Waals surface area contributed by atoms with Gasteiger partial charge in [-0.2, -0.15) is 13.2 Å². The van der Waals surface area contributed by atoms with Crippen LogP contribution in [0.5, 0.6) is 0 Å². The van der Waals surface area contributed by atoms with Crippen LogP contribution < -0.4 is 5.73 Å². The zero-order valence-electron chi connectivity index (χ0n) is 13.9. The van der Waals surface area contributed by atoms with Gasteiger partial charge in [-0.05, 0) is 25.0 Å². The van der Waals surface area contributed by atoms with Crippen LogP contribution in [0.2, 0.25) is 0 Å². The van der Waals surface area contributed by atoms with Crippen LogP contribution in [0.25, 0.3) is 0 Å². The van der Waals surface area contributed by atoms with Crippen LogP contribution >= 0.6 is 0 Å². The number of allylic oxidation sites excluding steroid dienone is 1. The molecule has 1 aromatic heterocycles. The smallest absolute Gasteiger partial charge is 0.450 e. The van der Waals surface area contributed by atoms with Crippen LogP contribution in [0.3, 0.4) is 0 Å². The summed E-state index contributed by atoms with van der Waals surface area (Å²) >= 11 is 0. The molecule has 2 heterocycles. The van der Waals surface area contributed by atoms with E-state index < -0.39 is 34.2 Å². The molecule has 1 aliphatic heterocycles. The number of ketones is 1. The summed E-state index contributed by atoms with van der Waals surface area (Å²) in [5, 5.41) is 0. The van der Waals surface area contributed by atoms with E-state index in [1.165, 1.54) is 4.90 Å². The maximum Gasteiger partial charge on any atom is 0.450 e. The van der Waals surface area contributed by atoms with Gasteiger partial charge in [-0.15, -0.1) is 0 Å². The molecular weight excluding hydrogens is 337 g/mol. The van der Waals surface area contributed by atoms with Crippen molar-refractivity contribution in [3.8, 4) is 0 Å². The third-order valence-electron chi connectivity index (χ3n) is 4.96. The largest absolute Gasteiger partial charge is 0.459 e. The second kappa shape index (κ2) is 5.37. The minimum atomic E-state index is -4.73. The van der Waals surface area contributed by atoms with Crippen molar-refractivity contribution in [2.75, 3.05) is 13.1 Å². The van der Waals surface area contributed by atoms with Crippen LogP contribution in [-0.2, 0) is 11.0 Å². The lowest BCUT2D eigenvalue weighted by Gasteiger charge is -2.39. The van der Waals surface area contributed by atoms with Crippen molar-refractivity contribution in [2.24, 2.45) is 16.6 Å². The predicted molar refractivity (Wildman–Crippen MR) is 82.3 cm³/mol. The number of carbonyl (C=O) groups excluding carboxylic acids is 2. The molecule has 1 unspecified atom stereocenters. The van der Waals surface area contributed by atoms with E-state index in [9.17, 15) is 22.8 Å². The number of likely N-dealkylation sites (tertiary alicyclic amines) is 1. The third-order valence-corrected chi connectivity index (χ3v) is 4.96. The molecule has 136 valence electrons. The number of halogens is 3. The molecule has 1 spiro atoms. The first kappa shape index (κ1) is 17.6. The number of hydrogen-bond acceptors (Lipinski definition) is 4. The van der Waals surface area contributed by atoms with Crippen LogP contribution in [0.1, 0.15) is 42.8 Å². The fourth-order valence-corrected chi connectivity index (χ4v) is 4.00. The van der Waals surface area contributed by atoms with Crippen molar-refractivity contribution in [1.29, 1.82) is 0 Å². The summed E-state index contributed by atoms with van der Waals surface area (Å²) in [4.78, 5) is 26.1. The number of carbonyl (C=O) groups is 2. The third kappa shape index (κ3) is 2.94. The maximum absolute atomic E-state index is 12.9. The summed E-state index contributed by atoms with van der Waals surface area (Å²) in [6.45, 7) is 4.11. The number of Topliss-reactive ketones (excluding diaryl/α,β-unsaturated/α-hetero) is 1. The highest BCUT2D eigenvalue weighted by molar-refractivity contribution is 6.00. The molecule has 0 bridgehead atoms.